The van der Waals surface area contributed by atoms with Gasteiger partial charge in [-0.05, 0) is 26.2 Å². The summed E-state index contributed by atoms with van der Waals surface area (Å²) < 4.78 is 12.9. The number of carbonyl (C=O) groups is 1. The molecule has 2 atom stereocenters. The maximum Gasteiger partial charge on any atom is 0.263 e. The molecule has 5 heteroatoms. The van der Waals surface area contributed by atoms with E-state index in [0.717, 1.165) is 11.4 Å². The van der Waals surface area contributed by atoms with E-state index in [4.69, 9.17) is 0 Å². The predicted octanol–water partition coefficient (Wildman–Crippen LogP) is 2.07. The lowest BCUT2D eigenvalue weighted by atomic mass is 10.2. The first kappa shape index (κ1) is 10.5. The summed E-state index contributed by atoms with van der Waals surface area (Å²) >= 11 is 1.36. The summed E-state index contributed by atoms with van der Waals surface area (Å²) in [5, 5.41) is 3.70. The summed E-state index contributed by atoms with van der Waals surface area (Å²) in [6.07, 6.45) is 2.57. The van der Waals surface area contributed by atoms with E-state index in [0.29, 0.717) is 17.7 Å². The van der Waals surface area contributed by atoms with Crippen LogP contribution in [0.4, 0.5) is 4.39 Å². The van der Waals surface area contributed by atoms with Gasteiger partial charge in [0.2, 0.25) is 0 Å². The van der Waals surface area contributed by atoms with Crippen molar-refractivity contribution in [1.82, 2.24) is 10.3 Å². The Morgan fingerprint density at radius 3 is 3.00 bits per heavy atom. The Morgan fingerprint density at radius 2 is 2.47 bits per heavy atom. The first-order valence-electron chi connectivity index (χ1n) is 5.02. The van der Waals surface area contributed by atoms with Crippen LogP contribution < -0.4 is 5.32 Å². The van der Waals surface area contributed by atoms with E-state index < -0.39 is 6.17 Å². The maximum atomic E-state index is 12.9. The van der Waals surface area contributed by atoms with Crippen molar-refractivity contribution in [1.29, 1.82) is 0 Å². The van der Waals surface area contributed by atoms with E-state index in [9.17, 15) is 9.18 Å². The highest BCUT2D eigenvalue weighted by atomic mass is 32.1. The number of amides is 1. The van der Waals surface area contributed by atoms with Crippen LogP contribution in [0.15, 0.2) is 6.20 Å². The number of halogens is 1. The molecule has 1 aromatic heterocycles. The SMILES string of the molecule is Cc1ncc(C(=O)N[C@H]2CC[C@@H](F)C2)s1. The molecule has 0 radical (unpaired) electrons. The third-order valence-corrected chi connectivity index (χ3v) is 3.46. The maximum absolute atomic E-state index is 12.9. The second-order valence-corrected chi connectivity index (χ2v) is 5.06. The minimum Gasteiger partial charge on any atom is -0.348 e. The number of hydrogen-bond donors (Lipinski definition) is 1. The molecule has 3 nitrogen and oxygen atoms in total. The van der Waals surface area contributed by atoms with Crippen LogP contribution in [-0.2, 0) is 0 Å². The number of aromatic nitrogens is 1. The second kappa shape index (κ2) is 4.26. The van der Waals surface area contributed by atoms with Crippen molar-refractivity contribution in [2.75, 3.05) is 0 Å². The average Bonchev–Trinajstić information content (AvgIpc) is 2.75. The lowest BCUT2D eigenvalue weighted by Gasteiger charge is -2.10. The fraction of sp³-hybridized carbons (Fsp3) is 0.600. The van der Waals surface area contributed by atoms with Gasteiger partial charge >= 0.3 is 0 Å². The van der Waals surface area contributed by atoms with Crippen molar-refractivity contribution >= 4 is 17.2 Å². The summed E-state index contributed by atoms with van der Waals surface area (Å²) in [5.74, 6) is -0.125. The standard InChI is InChI=1S/C10H13FN2OS/c1-6-12-5-9(15-6)10(14)13-8-3-2-7(11)4-8/h5,7-8H,2-4H2,1H3,(H,13,14)/t7-,8+/m1/s1. The van der Waals surface area contributed by atoms with Crippen molar-refractivity contribution in [2.45, 2.75) is 38.4 Å². The molecule has 1 N–H and O–H groups in total. The number of nitrogens with one attached hydrogen (secondary N) is 1. The Morgan fingerprint density at radius 1 is 1.67 bits per heavy atom. The molecule has 1 saturated carbocycles. The third-order valence-electron chi connectivity index (χ3n) is 2.55. The van der Waals surface area contributed by atoms with Gasteiger partial charge in [-0.1, -0.05) is 0 Å². The molecule has 1 aliphatic carbocycles. The van der Waals surface area contributed by atoms with Crippen molar-refractivity contribution in [2.24, 2.45) is 0 Å². The van der Waals surface area contributed by atoms with Crippen LogP contribution >= 0.6 is 11.3 Å². The van der Waals surface area contributed by atoms with Crippen LogP contribution in [0.1, 0.15) is 33.9 Å². The van der Waals surface area contributed by atoms with Crippen LogP contribution in [0.2, 0.25) is 0 Å². The monoisotopic (exact) mass is 228 g/mol. The van der Waals surface area contributed by atoms with Crippen molar-refractivity contribution in [3.8, 4) is 0 Å². The van der Waals surface area contributed by atoms with Crippen LogP contribution in [-0.4, -0.2) is 23.1 Å². The van der Waals surface area contributed by atoms with Gasteiger partial charge in [0, 0.05) is 6.04 Å². The van der Waals surface area contributed by atoms with Gasteiger partial charge < -0.3 is 5.32 Å². The summed E-state index contributed by atoms with van der Waals surface area (Å²) in [6, 6.07) is -0.00472. The van der Waals surface area contributed by atoms with Crippen molar-refractivity contribution in [3.63, 3.8) is 0 Å². The zero-order chi connectivity index (χ0) is 10.8. The fourth-order valence-corrected chi connectivity index (χ4v) is 2.46. The van der Waals surface area contributed by atoms with Gasteiger partial charge in [-0.15, -0.1) is 11.3 Å². The molecule has 0 unspecified atom stereocenters. The number of aryl methyl sites for hydroxylation is 1. The molecule has 1 fully saturated rings. The van der Waals surface area contributed by atoms with E-state index in [1.165, 1.54) is 11.3 Å². The summed E-state index contributed by atoms with van der Waals surface area (Å²) in [6.45, 7) is 1.86. The van der Waals surface area contributed by atoms with E-state index >= 15 is 0 Å². The summed E-state index contributed by atoms with van der Waals surface area (Å²) in [7, 11) is 0. The van der Waals surface area contributed by atoms with Crippen LogP contribution in [0.3, 0.4) is 0 Å². The lowest BCUT2D eigenvalue weighted by Crippen LogP contribution is -2.32. The smallest absolute Gasteiger partial charge is 0.263 e. The summed E-state index contributed by atoms with van der Waals surface area (Å²) in [4.78, 5) is 16.3. The number of carbonyl (C=O) groups excluding carboxylic acids is 1. The number of alkyl halides is 1. The Kier molecular flexibility index (Phi) is 3.00. The van der Waals surface area contributed by atoms with Gasteiger partial charge in [0.25, 0.3) is 5.91 Å². The lowest BCUT2D eigenvalue weighted by molar-refractivity contribution is 0.0940. The molecule has 82 valence electrons. The Balaban J connectivity index is 1.92. The molecule has 0 aromatic carbocycles. The molecule has 2 rings (SSSR count). The van der Waals surface area contributed by atoms with Gasteiger partial charge in [-0.25, -0.2) is 9.37 Å². The van der Waals surface area contributed by atoms with E-state index in [-0.39, 0.29) is 11.9 Å². The Labute approximate surface area is 91.7 Å². The fourth-order valence-electron chi connectivity index (χ4n) is 1.78. The Bertz CT molecular complexity index is 366. The number of rotatable bonds is 2. The molecule has 0 bridgehead atoms. The largest absolute Gasteiger partial charge is 0.348 e. The normalized spacial score (nSPS) is 25.5. The van der Waals surface area contributed by atoms with Crippen molar-refractivity contribution < 1.29 is 9.18 Å². The minimum absolute atomic E-state index is 0.00472. The minimum atomic E-state index is -0.751. The molecular weight excluding hydrogens is 215 g/mol. The zero-order valence-corrected chi connectivity index (χ0v) is 9.31. The van der Waals surface area contributed by atoms with E-state index in [2.05, 4.69) is 10.3 Å². The molecule has 1 amide bonds. The molecule has 1 aromatic rings. The predicted molar refractivity (Wildman–Crippen MR) is 56.9 cm³/mol. The van der Waals surface area contributed by atoms with E-state index in [1.807, 2.05) is 6.92 Å². The van der Waals surface area contributed by atoms with Crippen LogP contribution in [0.5, 0.6) is 0 Å². The highest BCUT2D eigenvalue weighted by molar-refractivity contribution is 7.13. The third kappa shape index (κ3) is 2.53. The molecular formula is C10H13FN2OS. The highest BCUT2D eigenvalue weighted by Crippen LogP contribution is 2.22. The first-order valence-corrected chi connectivity index (χ1v) is 5.84. The van der Waals surface area contributed by atoms with Gasteiger partial charge in [0.05, 0.1) is 11.2 Å². The van der Waals surface area contributed by atoms with Gasteiger partial charge in [0.1, 0.15) is 11.0 Å². The van der Waals surface area contributed by atoms with E-state index in [1.54, 1.807) is 6.20 Å². The molecule has 0 spiro atoms. The quantitative estimate of drug-likeness (QED) is 0.842. The van der Waals surface area contributed by atoms with Gasteiger partial charge in [-0.2, -0.15) is 0 Å². The van der Waals surface area contributed by atoms with Gasteiger partial charge in [0.15, 0.2) is 0 Å². The Hall–Kier alpha value is -0.970. The first-order chi connectivity index (χ1) is 7.15. The van der Waals surface area contributed by atoms with Gasteiger partial charge in [-0.3, -0.25) is 4.79 Å². The zero-order valence-electron chi connectivity index (χ0n) is 8.50. The van der Waals surface area contributed by atoms with Crippen molar-refractivity contribution in [3.05, 3.63) is 16.1 Å². The number of nitrogens with zero attached hydrogens (tertiary/aromatic N) is 1. The molecule has 0 aliphatic heterocycles. The second-order valence-electron chi connectivity index (χ2n) is 3.82. The highest BCUT2D eigenvalue weighted by Gasteiger charge is 2.26. The average molecular weight is 228 g/mol. The molecule has 0 saturated heterocycles. The molecule has 1 aliphatic rings. The molecule has 15 heavy (non-hydrogen) atoms. The number of hydrogen-bond acceptors (Lipinski definition) is 3. The molecule has 1 heterocycles. The number of thiazole rings is 1. The summed E-state index contributed by atoms with van der Waals surface area (Å²) in [5.41, 5.74) is 0. The van der Waals surface area contributed by atoms with Crippen LogP contribution in [0.25, 0.3) is 0 Å². The topological polar surface area (TPSA) is 42.0 Å². The van der Waals surface area contributed by atoms with Crippen LogP contribution in [0, 0.1) is 6.92 Å².